The fourth-order valence-electron chi connectivity index (χ4n) is 3.64. The summed E-state index contributed by atoms with van der Waals surface area (Å²) in [6.45, 7) is 1.73. The van der Waals surface area contributed by atoms with Gasteiger partial charge in [-0.05, 0) is 57.1 Å². The number of nitrogens with two attached hydrogens (primary N) is 1. The number of anilines is 1. The third-order valence-electron chi connectivity index (χ3n) is 5.26. The topological polar surface area (TPSA) is 26.0 Å². The van der Waals surface area contributed by atoms with E-state index in [2.05, 4.69) is 0 Å². The van der Waals surface area contributed by atoms with Crippen LogP contribution in [0.3, 0.4) is 0 Å². The summed E-state index contributed by atoms with van der Waals surface area (Å²) in [6.07, 6.45) is 8.42. The van der Waals surface area contributed by atoms with Crippen molar-refractivity contribution in [1.29, 1.82) is 0 Å². The quantitative estimate of drug-likeness (QED) is 0.777. The Labute approximate surface area is 118 Å². The molecule has 2 aliphatic rings. The van der Waals surface area contributed by atoms with Gasteiger partial charge in [0.1, 0.15) is 11.5 Å². The van der Waals surface area contributed by atoms with Crippen LogP contribution in [-0.2, 0) is 0 Å². The first-order chi connectivity index (χ1) is 9.44. The molecule has 2 fully saturated rings. The fraction of sp³-hybridized carbons (Fsp3) is 0.529. The van der Waals surface area contributed by atoms with Gasteiger partial charge in [-0.25, -0.2) is 8.78 Å². The number of rotatable bonds is 2. The van der Waals surface area contributed by atoms with Crippen LogP contribution in [0.2, 0.25) is 0 Å². The summed E-state index contributed by atoms with van der Waals surface area (Å²) in [6, 6.07) is 4.74. The maximum absolute atomic E-state index is 13.9. The largest absolute Gasteiger partial charge is 0.398 e. The number of allylic oxidation sites excluding steroid dienone is 1. The summed E-state index contributed by atoms with van der Waals surface area (Å²) >= 11 is 0. The highest BCUT2D eigenvalue weighted by Crippen LogP contribution is 2.66. The third kappa shape index (κ3) is 2.23. The Morgan fingerprint density at radius 2 is 1.95 bits per heavy atom. The van der Waals surface area contributed by atoms with Crippen LogP contribution >= 0.6 is 0 Å². The van der Waals surface area contributed by atoms with Gasteiger partial charge in [0.15, 0.2) is 0 Å². The van der Waals surface area contributed by atoms with Crippen LogP contribution in [0.5, 0.6) is 0 Å². The van der Waals surface area contributed by atoms with E-state index in [0.29, 0.717) is 17.2 Å². The number of benzene rings is 1. The highest BCUT2D eigenvalue weighted by atomic mass is 19.1. The molecule has 0 heterocycles. The van der Waals surface area contributed by atoms with Crippen molar-refractivity contribution in [2.24, 2.45) is 11.3 Å². The second-order valence-electron chi connectivity index (χ2n) is 6.59. The lowest BCUT2D eigenvalue weighted by Crippen LogP contribution is -2.20. The predicted molar refractivity (Wildman–Crippen MR) is 78.4 cm³/mol. The van der Waals surface area contributed by atoms with Crippen LogP contribution in [0.25, 0.3) is 6.08 Å². The van der Waals surface area contributed by atoms with Crippen molar-refractivity contribution in [1.82, 2.24) is 0 Å². The summed E-state index contributed by atoms with van der Waals surface area (Å²) in [4.78, 5) is 0. The first kappa shape index (κ1) is 13.6. The van der Waals surface area contributed by atoms with E-state index in [-0.39, 0.29) is 11.2 Å². The van der Waals surface area contributed by atoms with Gasteiger partial charge < -0.3 is 5.73 Å². The van der Waals surface area contributed by atoms with E-state index >= 15 is 0 Å². The lowest BCUT2D eigenvalue weighted by Gasteiger charge is -2.28. The molecule has 0 aromatic heterocycles. The van der Waals surface area contributed by atoms with Crippen LogP contribution in [0.1, 0.15) is 44.6 Å². The van der Waals surface area contributed by atoms with Gasteiger partial charge in [-0.2, -0.15) is 0 Å². The van der Waals surface area contributed by atoms with E-state index in [1.807, 2.05) is 6.08 Å². The molecule has 2 aliphatic carbocycles. The van der Waals surface area contributed by atoms with Crippen molar-refractivity contribution in [3.63, 3.8) is 0 Å². The van der Waals surface area contributed by atoms with Gasteiger partial charge in [-0.1, -0.05) is 18.2 Å². The second-order valence-corrected chi connectivity index (χ2v) is 6.59. The molecule has 2 N–H and O–H groups in total. The normalized spacial score (nSPS) is 36.6. The molecule has 0 radical (unpaired) electrons. The number of halogens is 2. The van der Waals surface area contributed by atoms with Crippen LogP contribution in [0.15, 0.2) is 24.3 Å². The van der Waals surface area contributed by atoms with E-state index < -0.39 is 5.67 Å². The van der Waals surface area contributed by atoms with Crippen molar-refractivity contribution in [2.45, 2.75) is 44.7 Å². The molecule has 1 unspecified atom stereocenters. The van der Waals surface area contributed by atoms with Gasteiger partial charge in [0.25, 0.3) is 0 Å². The summed E-state index contributed by atoms with van der Waals surface area (Å²) in [7, 11) is 0. The van der Waals surface area contributed by atoms with Crippen LogP contribution in [0, 0.1) is 17.2 Å². The molecule has 0 bridgehead atoms. The molecular weight excluding hydrogens is 256 g/mol. The van der Waals surface area contributed by atoms with E-state index in [1.54, 1.807) is 25.1 Å². The molecule has 0 amide bonds. The Morgan fingerprint density at radius 3 is 2.50 bits per heavy atom. The number of hydrogen-bond donors (Lipinski definition) is 1. The summed E-state index contributed by atoms with van der Waals surface area (Å²) in [5.41, 5.74) is 5.72. The Morgan fingerprint density at radius 1 is 1.30 bits per heavy atom. The van der Waals surface area contributed by atoms with Gasteiger partial charge in [0, 0.05) is 16.7 Å². The Balaban J connectivity index is 1.64. The monoisotopic (exact) mass is 277 g/mol. The zero-order valence-corrected chi connectivity index (χ0v) is 11.8. The molecular formula is C17H21F2N. The van der Waals surface area contributed by atoms with E-state index in [9.17, 15) is 8.78 Å². The van der Waals surface area contributed by atoms with E-state index in [1.165, 1.54) is 6.07 Å². The fourth-order valence-corrected chi connectivity index (χ4v) is 3.64. The first-order valence-corrected chi connectivity index (χ1v) is 7.35. The Kier molecular flexibility index (Phi) is 3.11. The SMILES string of the molecule is CC1(F)CC12CCC(/C=C/c1c(N)cccc1F)CC2. The van der Waals surface area contributed by atoms with Crippen molar-refractivity contribution in [3.8, 4) is 0 Å². The van der Waals surface area contributed by atoms with Crippen molar-refractivity contribution in [3.05, 3.63) is 35.7 Å². The minimum absolute atomic E-state index is 0.0473. The highest BCUT2D eigenvalue weighted by molar-refractivity contribution is 5.64. The average Bonchev–Trinajstić information content (AvgIpc) is 2.92. The van der Waals surface area contributed by atoms with Crippen molar-refractivity contribution >= 4 is 11.8 Å². The zero-order valence-electron chi connectivity index (χ0n) is 11.8. The van der Waals surface area contributed by atoms with Gasteiger partial charge in [-0.3, -0.25) is 0 Å². The molecule has 3 heteroatoms. The molecule has 1 aromatic carbocycles. The smallest absolute Gasteiger partial charge is 0.132 e. The standard InChI is InChI=1S/C17H21F2N/c1-16(19)11-17(16)9-7-12(8-10-17)5-6-13-14(18)3-2-4-15(13)20/h2-6,12H,7-11,20H2,1H3/b6-5+. The summed E-state index contributed by atoms with van der Waals surface area (Å²) in [5.74, 6) is 0.128. The molecule has 108 valence electrons. The lowest BCUT2D eigenvalue weighted by atomic mass is 9.78. The first-order valence-electron chi connectivity index (χ1n) is 7.35. The molecule has 1 nitrogen and oxygen atoms in total. The second kappa shape index (κ2) is 4.57. The summed E-state index contributed by atoms with van der Waals surface area (Å²) < 4.78 is 27.6. The molecule has 0 saturated heterocycles. The van der Waals surface area contributed by atoms with E-state index in [0.717, 1.165) is 32.1 Å². The number of alkyl halides is 1. The summed E-state index contributed by atoms with van der Waals surface area (Å²) in [5, 5.41) is 0. The molecule has 1 spiro atoms. The van der Waals surface area contributed by atoms with Crippen LogP contribution in [-0.4, -0.2) is 5.67 Å². The lowest BCUT2D eigenvalue weighted by molar-refractivity contribution is 0.182. The Hall–Kier alpha value is -1.38. The van der Waals surface area contributed by atoms with Crippen molar-refractivity contribution < 1.29 is 8.78 Å². The molecule has 1 aromatic rings. The molecule has 20 heavy (non-hydrogen) atoms. The maximum Gasteiger partial charge on any atom is 0.132 e. The van der Waals surface area contributed by atoms with Gasteiger partial charge in [-0.15, -0.1) is 0 Å². The van der Waals surface area contributed by atoms with Gasteiger partial charge >= 0.3 is 0 Å². The van der Waals surface area contributed by atoms with Crippen LogP contribution in [0.4, 0.5) is 14.5 Å². The number of nitrogen functional groups attached to an aromatic ring is 1. The molecule has 1 atom stereocenters. The number of hydrogen-bond acceptors (Lipinski definition) is 1. The highest BCUT2D eigenvalue weighted by Gasteiger charge is 2.65. The third-order valence-corrected chi connectivity index (χ3v) is 5.26. The van der Waals surface area contributed by atoms with Gasteiger partial charge in [0.2, 0.25) is 0 Å². The minimum Gasteiger partial charge on any atom is -0.398 e. The van der Waals surface area contributed by atoms with E-state index in [4.69, 9.17) is 5.73 Å². The predicted octanol–water partition coefficient (Wildman–Crippen LogP) is 4.73. The average molecular weight is 277 g/mol. The minimum atomic E-state index is -0.947. The zero-order chi connectivity index (χ0) is 14.4. The maximum atomic E-state index is 13.9. The molecule has 3 rings (SSSR count). The molecule has 0 aliphatic heterocycles. The van der Waals surface area contributed by atoms with Crippen molar-refractivity contribution in [2.75, 3.05) is 5.73 Å². The Bertz CT molecular complexity index is 520. The van der Waals surface area contributed by atoms with Gasteiger partial charge in [0.05, 0.1) is 0 Å². The van der Waals surface area contributed by atoms with Crippen LogP contribution < -0.4 is 5.73 Å². The molecule has 2 saturated carbocycles.